The summed E-state index contributed by atoms with van der Waals surface area (Å²) in [5.41, 5.74) is 0.980. The Morgan fingerprint density at radius 1 is 1.19 bits per heavy atom. The fourth-order valence-corrected chi connectivity index (χ4v) is 2.92. The smallest absolute Gasteiger partial charge is 0.258 e. The zero-order chi connectivity index (χ0) is 18.5. The van der Waals surface area contributed by atoms with Crippen LogP contribution >= 0.6 is 11.3 Å². The first-order valence-corrected chi connectivity index (χ1v) is 8.60. The molecule has 1 N–H and O–H groups in total. The summed E-state index contributed by atoms with van der Waals surface area (Å²) in [6, 6.07) is 8.25. The van der Waals surface area contributed by atoms with Crippen molar-refractivity contribution >= 4 is 22.4 Å². The molecule has 1 amide bonds. The summed E-state index contributed by atoms with van der Waals surface area (Å²) < 4.78 is 12.0. The highest BCUT2D eigenvalue weighted by molar-refractivity contribution is 7.13. The number of benzene rings is 1. The lowest BCUT2D eigenvalue weighted by molar-refractivity contribution is 0.102. The van der Waals surface area contributed by atoms with E-state index < -0.39 is 0 Å². The number of nitrogens with one attached hydrogen (secondary N) is 1. The van der Waals surface area contributed by atoms with Crippen molar-refractivity contribution < 1.29 is 14.3 Å². The molecule has 0 fully saturated rings. The SMILES string of the molecule is COc1cc(Cn2cc(C(=O)Nc3nccs3)ccc2=O)cc(OC)c1. The summed E-state index contributed by atoms with van der Waals surface area (Å²) in [6.45, 7) is 0.283. The summed E-state index contributed by atoms with van der Waals surface area (Å²) in [5.74, 6) is 0.937. The molecule has 3 rings (SSSR count). The molecule has 0 saturated carbocycles. The van der Waals surface area contributed by atoms with Gasteiger partial charge in [-0.3, -0.25) is 14.9 Å². The number of methoxy groups -OCH3 is 2. The first kappa shape index (κ1) is 17.7. The average Bonchev–Trinajstić information content (AvgIpc) is 3.16. The number of carbonyl (C=O) groups excluding carboxylic acids is 1. The second-order valence-electron chi connectivity index (χ2n) is 5.40. The lowest BCUT2D eigenvalue weighted by atomic mass is 10.2. The van der Waals surface area contributed by atoms with E-state index in [1.807, 2.05) is 12.1 Å². The maximum atomic E-state index is 12.3. The molecule has 0 radical (unpaired) electrons. The van der Waals surface area contributed by atoms with Gasteiger partial charge in [0.2, 0.25) is 0 Å². The number of rotatable bonds is 6. The van der Waals surface area contributed by atoms with Crippen LogP contribution in [0.4, 0.5) is 5.13 Å². The van der Waals surface area contributed by atoms with Gasteiger partial charge in [0.25, 0.3) is 11.5 Å². The van der Waals surface area contributed by atoms with Gasteiger partial charge in [-0.25, -0.2) is 4.98 Å². The van der Waals surface area contributed by atoms with Crippen molar-refractivity contribution in [1.82, 2.24) is 9.55 Å². The summed E-state index contributed by atoms with van der Waals surface area (Å²) in [6.07, 6.45) is 3.13. The molecule has 0 unspecified atom stereocenters. The van der Waals surface area contributed by atoms with Crippen molar-refractivity contribution in [3.63, 3.8) is 0 Å². The first-order valence-electron chi connectivity index (χ1n) is 7.72. The van der Waals surface area contributed by atoms with Crippen molar-refractivity contribution in [3.05, 3.63) is 69.6 Å². The molecule has 1 aromatic carbocycles. The predicted molar refractivity (Wildman–Crippen MR) is 99.4 cm³/mol. The highest BCUT2D eigenvalue weighted by Crippen LogP contribution is 2.23. The van der Waals surface area contributed by atoms with Gasteiger partial charge in [-0.05, 0) is 23.8 Å². The Morgan fingerprint density at radius 3 is 2.54 bits per heavy atom. The van der Waals surface area contributed by atoms with Crippen LogP contribution in [0.25, 0.3) is 0 Å². The third-order valence-corrected chi connectivity index (χ3v) is 4.35. The molecule has 0 spiro atoms. The molecule has 26 heavy (non-hydrogen) atoms. The molecule has 134 valence electrons. The van der Waals surface area contributed by atoms with Gasteiger partial charge >= 0.3 is 0 Å². The molecule has 0 aliphatic carbocycles. The molecule has 0 bridgehead atoms. The quantitative estimate of drug-likeness (QED) is 0.720. The molecule has 7 nitrogen and oxygen atoms in total. The average molecular weight is 371 g/mol. The van der Waals surface area contributed by atoms with Gasteiger partial charge in [-0.1, -0.05) is 0 Å². The van der Waals surface area contributed by atoms with Crippen molar-refractivity contribution in [1.29, 1.82) is 0 Å². The van der Waals surface area contributed by atoms with E-state index in [-0.39, 0.29) is 18.0 Å². The Balaban J connectivity index is 1.86. The predicted octanol–water partition coefficient (Wildman–Crippen LogP) is 2.62. The summed E-state index contributed by atoms with van der Waals surface area (Å²) >= 11 is 1.32. The number of pyridine rings is 1. The molecule has 0 aliphatic rings. The molecule has 0 saturated heterocycles. The van der Waals surface area contributed by atoms with Crippen LogP contribution in [-0.2, 0) is 6.54 Å². The number of hydrogen-bond acceptors (Lipinski definition) is 6. The number of ether oxygens (including phenoxy) is 2. The van der Waals surface area contributed by atoms with E-state index in [4.69, 9.17) is 9.47 Å². The molecule has 0 aliphatic heterocycles. The number of carbonyl (C=O) groups is 1. The zero-order valence-electron chi connectivity index (χ0n) is 14.3. The molecule has 3 aromatic rings. The van der Waals surface area contributed by atoms with Crippen LogP contribution in [0.3, 0.4) is 0 Å². The Hall–Kier alpha value is -3.13. The minimum atomic E-state index is -0.322. The van der Waals surface area contributed by atoms with Gasteiger partial charge in [0.15, 0.2) is 5.13 Å². The molecule has 2 aromatic heterocycles. The van der Waals surface area contributed by atoms with Crippen LogP contribution in [0.15, 0.2) is 52.9 Å². The van der Waals surface area contributed by atoms with Crippen molar-refractivity contribution in [2.45, 2.75) is 6.54 Å². The fourth-order valence-electron chi connectivity index (χ4n) is 2.40. The Morgan fingerprint density at radius 2 is 1.92 bits per heavy atom. The van der Waals surface area contributed by atoms with E-state index in [1.54, 1.807) is 31.9 Å². The lowest BCUT2D eigenvalue weighted by Gasteiger charge is -2.11. The van der Waals surface area contributed by atoms with E-state index in [1.165, 1.54) is 34.2 Å². The number of nitrogens with zero attached hydrogens (tertiary/aromatic N) is 2. The van der Waals surface area contributed by atoms with Crippen LogP contribution in [0, 0.1) is 0 Å². The van der Waals surface area contributed by atoms with E-state index in [0.717, 1.165) is 5.56 Å². The maximum Gasteiger partial charge on any atom is 0.258 e. The Kier molecular flexibility index (Phi) is 5.33. The first-order chi connectivity index (χ1) is 12.6. The molecular formula is C18H17N3O4S. The normalized spacial score (nSPS) is 10.4. The van der Waals surface area contributed by atoms with Gasteiger partial charge in [-0.2, -0.15) is 0 Å². The largest absolute Gasteiger partial charge is 0.497 e. The Labute approximate surface area is 153 Å². The van der Waals surface area contributed by atoms with Gasteiger partial charge in [-0.15, -0.1) is 11.3 Å². The number of anilines is 1. The third kappa shape index (κ3) is 4.09. The molecule has 0 atom stereocenters. The minimum absolute atomic E-state index is 0.211. The number of hydrogen-bond donors (Lipinski definition) is 1. The standard InChI is InChI=1S/C18H17N3O4S/c1-24-14-7-12(8-15(9-14)25-2)10-21-11-13(3-4-16(21)22)17(23)20-18-19-5-6-26-18/h3-9,11H,10H2,1-2H3,(H,19,20,23). The van der Waals surface area contributed by atoms with Gasteiger partial charge in [0, 0.05) is 29.9 Å². The van der Waals surface area contributed by atoms with Crippen LogP contribution in [-0.4, -0.2) is 29.7 Å². The van der Waals surface area contributed by atoms with Crippen molar-refractivity contribution in [3.8, 4) is 11.5 Å². The Bertz CT molecular complexity index is 945. The maximum absolute atomic E-state index is 12.3. The number of aromatic nitrogens is 2. The van der Waals surface area contributed by atoms with Gasteiger partial charge < -0.3 is 14.0 Å². The van der Waals surface area contributed by atoms with E-state index >= 15 is 0 Å². The topological polar surface area (TPSA) is 82.5 Å². The summed E-state index contributed by atoms with van der Waals surface area (Å²) in [5, 5.41) is 4.97. The summed E-state index contributed by atoms with van der Waals surface area (Å²) in [7, 11) is 3.13. The third-order valence-electron chi connectivity index (χ3n) is 3.66. The zero-order valence-corrected chi connectivity index (χ0v) is 15.1. The van der Waals surface area contributed by atoms with Gasteiger partial charge in [0.1, 0.15) is 11.5 Å². The van der Waals surface area contributed by atoms with E-state index in [0.29, 0.717) is 22.2 Å². The van der Waals surface area contributed by atoms with Gasteiger partial charge in [0.05, 0.1) is 26.3 Å². The van der Waals surface area contributed by atoms with E-state index in [9.17, 15) is 9.59 Å². The molecule has 2 heterocycles. The van der Waals surface area contributed by atoms with Crippen LogP contribution in [0.5, 0.6) is 11.5 Å². The highest BCUT2D eigenvalue weighted by Gasteiger charge is 2.10. The fraction of sp³-hybridized carbons (Fsp3) is 0.167. The lowest BCUT2D eigenvalue weighted by Crippen LogP contribution is -2.22. The van der Waals surface area contributed by atoms with E-state index in [2.05, 4.69) is 10.3 Å². The monoisotopic (exact) mass is 371 g/mol. The van der Waals surface area contributed by atoms with Crippen molar-refractivity contribution in [2.24, 2.45) is 0 Å². The number of thiazole rings is 1. The second kappa shape index (κ2) is 7.83. The second-order valence-corrected chi connectivity index (χ2v) is 6.29. The number of amides is 1. The summed E-state index contributed by atoms with van der Waals surface area (Å²) in [4.78, 5) is 28.5. The highest BCUT2D eigenvalue weighted by atomic mass is 32.1. The van der Waals surface area contributed by atoms with Crippen LogP contribution < -0.4 is 20.3 Å². The minimum Gasteiger partial charge on any atom is -0.497 e. The molecular weight excluding hydrogens is 354 g/mol. The van der Waals surface area contributed by atoms with Crippen LogP contribution in [0.1, 0.15) is 15.9 Å². The molecule has 8 heteroatoms. The van der Waals surface area contributed by atoms with Crippen molar-refractivity contribution in [2.75, 3.05) is 19.5 Å². The van der Waals surface area contributed by atoms with Crippen LogP contribution in [0.2, 0.25) is 0 Å².